The number of aromatic nitrogens is 4. The summed E-state index contributed by atoms with van der Waals surface area (Å²) in [6.07, 6.45) is 8.47. The van der Waals surface area contributed by atoms with Crippen LogP contribution in [0.15, 0.2) is 90.8 Å². The average molecular weight is 509 g/mol. The van der Waals surface area contributed by atoms with Crippen molar-refractivity contribution in [3.8, 4) is 17.1 Å². The lowest BCUT2D eigenvalue weighted by atomic mass is 9.86. The molecule has 0 atom stereocenters. The zero-order chi connectivity index (χ0) is 25.9. The highest BCUT2D eigenvalue weighted by Gasteiger charge is 2.51. The molecule has 1 fully saturated rings. The van der Waals surface area contributed by atoms with Gasteiger partial charge in [0.05, 0.1) is 25.0 Å². The zero-order valence-electron chi connectivity index (χ0n) is 20.7. The number of amidine groups is 1. The second-order valence-electron chi connectivity index (χ2n) is 9.94. The number of piperidine rings is 1. The van der Waals surface area contributed by atoms with Gasteiger partial charge in [-0.15, -0.1) is 5.10 Å². The number of hydrogen-bond acceptors (Lipinski definition) is 4. The molecule has 0 unspecified atom stereocenters. The number of nitrogen functional groups attached to an aromatic ring is 1. The molecule has 10 heteroatoms. The number of likely N-dealkylation sites (tertiary alicyclic amines) is 1. The number of fused-ring (bicyclic) bond motifs is 2. The first kappa shape index (κ1) is 22.7. The van der Waals surface area contributed by atoms with Gasteiger partial charge in [0.2, 0.25) is 5.84 Å². The first-order valence-corrected chi connectivity index (χ1v) is 12.9. The van der Waals surface area contributed by atoms with Gasteiger partial charge in [0.15, 0.2) is 0 Å². The van der Waals surface area contributed by atoms with Gasteiger partial charge in [0.1, 0.15) is 11.5 Å². The summed E-state index contributed by atoms with van der Waals surface area (Å²) in [7, 11) is 0. The van der Waals surface area contributed by atoms with Gasteiger partial charge in [-0.25, -0.2) is 4.68 Å². The second kappa shape index (κ2) is 8.54. The molecule has 0 amide bonds. The highest BCUT2D eigenvalue weighted by atomic mass is 19.2. The Bertz CT molecular complexity index is 1630. The van der Waals surface area contributed by atoms with Crippen molar-refractivity contribution in [1.82, 2.24) is 24.4 Å². The number of hydrogen-bond donors (Lipinski definition) is 1. The summed E-state index contributed by atoms with van der Waals surface area (Å²) in [5, 5.41) is 8.53. The lowest BCUT2D eigenvalue weighted by Crippen LogP contribution is -2.54. The van der Waals surface area contributed by atoms with Gasteiger partial charge in [-0.1, -0.05) is 47.7 Å². The molecular formula is C28H26BF2N7. The molecule has 0 radical (unpaired) electrons. The fraction of sp³-hybridized carbons (Fsp3) is 0.179. The van der Waals surface area contributed by atoms with Crippen LogP contribution in [0, 0.1) is 0 Å². The Morgan fingerprint density at radius 2 is 1.61 bits per heavy atom. The van der Waals surface area contributed by atoms with Crippen LogP contribution in [0.3, 0.4) is 0 Å². The van der Waals surface area contributed by atoms with Gasteiger partial charge in [0, 0.05) is 28.6 Å². The first-order chi connectivity index (χ1) is 18.5. The van der Waals surface area contributed by atoms with Crippen molar-refractivity contribution in [2.45, 2.75) is 19.3 Å². The molecule has 5 heterocycles. The highest BCUT2D eigenvalue weighted by Crippen LogP contribution is 2.41. The molecule has 7 rings (SSSR count). The van der Waals surface area contributed by atoms with Crippen LogP contribution in [-0.4, -0.2) is 54.8 Å². The smallest absolute Gasteiger partial charge is 0.414 e. The Morgan fingerprint density at radius 3 is 2.37 bits per heavy atom. The van der Waals surface area contributed by atoms with E-state index in [0.29, 0.717) is 28.6 Å². The third kappa shape index (κ3) is 3.43. The molecule has 4 aromatic rings. The molecule has 0 spiro atoms. The van der Waals surface area contributed by atoms with Crippen molar-refractivity contribution in [2.24, 2.45) is 0 Å². The van der Waals surface area contributed by atoms with E-state index in [4.69, 9.17) is 5.73 Å². The summed E-state index contributed by atoms with van der Waals surface area (Å²) < 4.78 is 37.4. The van der Waals surface area contributed by atoms with Crippen molar-refractivity contribution < 1.29 is 13.1 Å². The minimum Gasteiger partial charge on any atom is -0.414 e. The normalized spacial score (nSPS) is 18.2. The van der Waals surface area contributed by atoms with Crippen LogP contribution in [-0.2, 0) is 0 Å². The summed E-state index contributed by atoms with van der Waals surface area (Å²) in [5.74, 6) is 0.808. The highest BCUT2D eigenvalue weighted by molar-refractivity contribution is 6.58. The summed E-state index contributed by atoms with van der Waals surface area (Å²) in [4.78, 5) is 2.08. The molecule has 2 N–H and O–H groups in total. The van der Waals surface area contributed by atoms with E-state index in [-0.39, 0.29) is 5.82 Å². The van der Waals surface area contributed by atoms with Gasteiger partial charge in [-0.05, 0) is 55.2 Å². The number of halogens is 2. The molecule has 0 saturated carbocycles. The third-order valence-electron chi connectivity index (χ3n) is 7.60. The topological polar surface area (TPSA) is 67.9 Å². The Balaban J connectivity index is 1.44. The van der Waals surface area contributed by atoms with Crippen molar-refractivity contribution in [3.63, 3.8) is 0 Å². The van der Waals surface area contributed by atoms with Crippen LogP contribution in [0.4, 0.5) is 14.3 Å². The van der Waals surface area contributed by atoms with E-state index < -0.39 is 6.97 Å². The van der Waals surface area contributed by atoms with Crippen molar-refractivity contribution in [1.29, 1.82) is 0 Å². The maximum atomic E-state index is 16.8. The number of nitrogens with zero attached hydrogens (tertiary/aromatic N) is 6. The molecule has 7 nitrogen and oxygen atoms in total. The van der Waals surface area contributed by atoms with Crippen LogP contribution in [0.1, 0.15) is 30.5 Å². The van der Waals surface area contributed by atoms with E-state index in [9.17, 15) is 0 Å². The van der Waals surface area contributed by atoms with Crippen LogP contribution in [0.25, 0.3) is 22.6 Å². The predicted molar refractivity (Wildman–Crippen MR) is 145 cm³/mol. The molecule has 38 heavy (non-hydrogen) atoms. The first-order valence-electron chi connectivity index (χ1n) is 12.9. The molecule has 3 aliphatic heterocycles. The Hall–Kier alpha value is -4.47. The summed E-state index contributed by atoms with van der Waals surface area (Å²) in [6, 6.07) is 20.4. The van der Waals surface area contributed by atoms with Crippen LogP contribution in [0.2, 0.25) is 0 Å². The summed E-state index contributed by atoms with van der Waals surface area (Å²) in [5.41, 5.74) is 10.6. The fourth-order valence-corrected chi connectivity index (χ4v) is 5.81. The van der Waals surface area contributed by atoms with Crippen molar-refractivity contribution in [2.75, 3.05) is 18.8 Å². The van der Waals surface area contributed by atoms with E-state index in [1.165, 1.54) is 9.17 Å². The number of nitrogens with two attached hydrogens (primary N) is 1. The fourth-order valence-electron chi connectivity index (χ4n) is 5.81. The van der Waals surface area contributed by atoms with Crippen LogP contribution in [0.5, 0.6) is 0 Å². The van der Waals surface area contributed by atoms with E-state index in [2.05, 4.69) is 15.2 Å². The number of anilines is 1. The minimum absolute atomic E-state index is 0.261. The summed E-state index contributed by atoms with van der Waals surface area (Å²) in [6.45, 7) is -2.70. The van der Waals surface area contributed by atoms with Gasteiger partial charge in [-0.3, -0.25) is 4.90 Å². The lowest BCUT2D eigenvalue weighted by Gasteiger charge is -2.38. The zero-order valence-corrected chi connectivity index (χ0v) is 20.7. The summed E-state index contributed by atoms with van der Waals surface area (Å²) >= 11 is 0. The Kier molecular flexibility index (Phi) is 5.11. The minimum atomic E-state index is -4.24. The molecule has 2 aromatic heterocycles. The molecule has 0 aliphatic carbocycles. The second-order valence-corrected chi connectivity index (χ2v) is 9.94. The largest absolute Gasteiger partial charge is 0.640 e. The van der Waals surface area contributed by atoms with Crippen molar-refractivity contribution in [3.05, 3.63) is 102 Å². The van der Waals surface area contributed by atoms with Crippen LogP contribution < -0.4 is 5.73 Å². The Labute approximate surface area is 218 Å². The average Bonchev–Trinajstić information content (AvgIpc) is 3.70. The van der Waals surface area contributed by atoms with Gasteiger partial charge in [-0.2, -0.15) is 0 Å². The van der Waals surface area contributed by atoms with Crippen LogP contribution >= 0.6 is 0 Å². The van der Waals surface area contributed by atoms with E-state index in [1.807, 2.05) is 54.6 Å². The predicted octanol–water partition coefficient (Wildman–Crippen LogP) is 4.78. The van der Waals surface area contributed by atoms with E-state index in [1.54, 1.807) is 30.5 Å². The molecule has 0 bridgehead atoms. The molecule has 3 aliphatic rings. The van der Waals surface area contributed by atoms with Gasteiger partial charge >= 0.3 is 6.97 Å². The quantitative estimate of drug-likeness (QED) is 0.319. The monoisotopic (exact) mass is 509 g/mol. The van der Waals surface area contributed by atoms with E-state index in [0.717, 1.165) is 53.5 Å². The maximum Gasteiger partial charge on any atom is 0.640 e. The van der Waals surface area contributed by atoms with Gasteiger partial charge < -0.3 is 23.3 Å². The lowest BCUT2D eigenvalue weighted by molar-refractivity contribution is -0.368. The third-order valence-corrected chi connectivity index (χ3v) is 7.60. The van der Waals surface area contributed by atoms with Crippen molar-refractivity contribution >= 4 is 24.1 Å². The van der Waals surface area contributed by atoms with Gasteiger partial charge in [0.25, 0.3) is 0 Å². The van der Waals surface area contributed by atoms with E-state index >= 15 is 8.63 Å². The maximum absolute atomic E-state index is 16.8. The molecule has 2 aromatic carbocycles. The molecular weight excluding hydrogens is 483 g/mol. The molecule has 190 valence electrons. The number of benzene rings is 2. The number of rotatable bonds is 3. The standard InChI is InChI=1S/C28H26BF2N7/c30-29(31)37-24(13-15-26(37)35-17-5-2-6-18-35)28(21-9-11-22(32)12-10-21)25-14-16-27(38(25)29)36-19-23(33-34-36)20-7-3-1-4-8-20/h1,3-4,7-16,19H,2,5-6,17-18,32H2. The number of allylic oxidation sites excluding steroid dienone is 1. The Morgan fingerprint density at radius 1 is 0.842 bits per heavy atom. The molecule has 1 saturated heterocycles. The SMILES string of the molecule is Nc1ccc(C2=C3C=CC(N4CCCCC4)=[N+]3[B-](F)(F)n3c2ccc3-n2cc(-c3ccccc3)nn2)cc1.